The van der Waals surface area contributed by atoms with Crippen molar-refractivity contribution < 1.29 is 9.59 Å². The fourth-order valence-electron chi connectivity index (χ4n) is 5.58. The molecule has 0 spiro atoms. The van der Waals surface area contributed by atoms with Crippen molar-refractivity contribution in [3.8, 4) is 0 Å². The number of carbonyl (C=O) groups is 2. The van der Waals surface area contributed by atoms with E-state index in [2.05, 4.69) is 42.7 Å². The van der Waals surface area contributed by atoms with E-state index in [0.29, 0.717) is 29.7 Å². The second-order valence-corrected chi connectivity index (χ2v) is 9.93. The number of benzene rings is 1. The van der Waals surface area contributed by atoms with E-state index in [0.717, 1.165) is 18.4 Å². The Labute approximate surface area is 179 Å². The molecule has 2 aliphatic carbocycles. The van der Waals surface area contributed by atoms with Crippen molar-refractivity contribution in [2.24, 2.45) is 34.2 Å². The first kappa shape index (κ1) is 20.8. The van der Waals surface area contributed by atoms with Gasteiger partial charge in [0.25, 0.3) is 5.91 Å². The van der Waals surface area contributed by atoms with Gasteiger partial charge in [-0.1, -0.05) is 62.8 Å². The lowest BCUT2D eigenvalue weighted by Crippen LogP contribution is -2.38. The molecule has 4 rings (SSSR count). The molecule has 0 aromatic heterocycles. The molecule has 5 atom stereocenters. The van der Waals surface area contributed by atoms with E-state index in [1.165, 1.54) is 12.8 Å². The molecule has 1 aromatic rings. The molecule has 30 heavy (non-hydrogen) atoms. The standard InChI is InChI=1S/C25H33N3O2/c1-16-12-18-10-7-11-25(2,3)21(18)13-19(16)14-27-28-24(30)22-20(15-26-23(22)29)17-8-5-4-6-9-17/h4-6,8-10,14,16,19-22H,7,11-13,15H2,1-3H3,(H,26,29)(H,28,30)/t16-,19-,20-,21-,22-/m1/s1. The fourth-order valence-corrected chi connectivity index (χ4v) is 5.58. The lowest BCUT2D eigenvalue weighted by atomic mass is 9.59. The number of hydrogen-bond acceptors (Lipinski definition) is 3. The van der Waals surface area contributed by atoms with E-state index in [9.17, 15) is 9.59 Å². The van der Waals surface area contributed by atoms with E-state index >= 15 is 0 Å². The number of amides is 2. The van der Waals surface area contributed by atoms with Crippen molar-refractivity contribution in [2.45, 2.75) is 52.4 Å². The van der Waals surface area contributed by atoms with Gasteiger partial charge < -0.3 is 5.32 Å². The van der Waals surface area contributed by atoms with Gasteiger partial charge in [0.15, 0.2) is 0 Å². The summed E-state index contributed by atoms with van der Waals surface area (Å²) >= 11 is 0. The Morgan fingerprint density at radius 3 is 2.80 bits per heavy atom. The fraction of sp³-hybridized carbons (Fsp3) is 0.560. The number of nitrogens with zero attached hydrogens (tertiary/aromatic N) is 1. The maximum atomic E-state index is 12.8. The van der Waals surface area contributed by atoms with Gasteiger partial charge in [0, 0.05) is 18.7 Å². The maximum absolute atomic E-state index is 12.8. The minimum absolute atomic E-state index is 0.154. The summed E-state index contributed by atoms with van der Waals surface area (Å²) in [4.78, 5) is 25.1. The van der Waals surface area contributed by atoms with Crippen LogP contribution in [0.2, 0.25) is 0 Å². The number of nitrogens with one attached hydrogen (secondary N) is 2. The molecule has 2 amide bonds. The van der Waals surface area contributed by atoms with Crippen molar-refractivity contribution in [1.82, 2.24) is 10.7 Å². The SMILES string of the molecule is C[C@@H]1CC2=CCCC(C)(C)[C@@H]2C[C@@H]1C=NNC(=O)[C@H]1C(=O)NC[C@@H]1c1ccccc1. The van der Waals surface area contributed by atoms with E-state index in [-0.39, 0.29) is 17.7 Å². The molecule has 0 unspecified atom stereocenters. The molecule has 1 aromatic carbocycles. The van der Waals surface area contributed by atoms with Crippen molar-refractivity contribution in [3.05, 3.63) is 47.5 Å². The number of carbonyl (C=O) groups excluding carboxylic acids is 2. The highest BCUT2D eigenvalue weighted by atomic mass is 16.2. The van der Waals surface area contributed by atoms with E-state index < -0.39 is 5.92 Å². The van der Waals surface area contributed by atoms with Crippen molar-refractivity contribution in [3.63, 3.8) is 0 Å². The van der Waals surface area contributed by atoms with Crippen LogP contribution in [-0.4, -0.2) is 24.6 Å². The Morgan fingerprint density at radius 2 is 2.03 bits per heavy atom. The highest BCUT2D eigenvalue weighted by Gasteiger charge is 2.42. The number of fused-ring (bicyclic) bond motifs is 1. The van der Waals surface area contributed by atoms with E-state index in [1.54, 1.807) is 5.57 Å². The first-order valence-electron chi connectivity index (χ1n) is 11.2. The van der Waals surface area contributed by atoms with Crippen LogP contribution in [0, 0.1) is 29.1 Å². The van der Waals surface area contributed by atoms with Crippen LogP contribution in [0.5, 0.6) is 0 Å². The minimum atomic E-state index is -0.736. The second-order valence-electron chi connectivity index (χ2n) is 9.93. The van der Waals surface area contributed by atoms with E-state index in [1.807, 2.05) is 36.5 Å². The predicted octanol–water partition coefficient (Wildman–Crippen LogP) is 4.03. The lowest BCUT2D eigenvalue weighted by Gasteiger charge is -2.46. The molecule has 5 heteroatoms. The molecule has 0 radical (unpaired) electrons. The van der Waals surface area contributed by atoms with Crippen LogP contribution < -0.4 is 10.7 Å². The highest BCUT2D eigenvalue weighted by molar-refractivity contribution is 6.03. The van der Waals surface area contributed by atoms with Crippen LogP contribution in [0.25, 0.3) is 0 Å². The summed E-state index contributed by atoms with van der Waals surface area (Å²) in [5, 5.41) is 7.14. The Morgan fingerprint density at radius 1 is 1.27 bits per heavy atom. The van der Waals surface area contributed by atoms with Crippen LogP contribution >= 0.6 is 0 Å². The number of rotatable bonds is 4. The normalized spacial score (nSPS) is 33.0. The van der Waals surface area contributed by atoms with Gasteiger partial charge in [0.05, 0.1) is 0 Å². The van der Waals surface area contributed by atoms with Crippen LogP contribution in [0.15, 0.2) is 47.1 Å². The first-order valence-corrected chi connectivity index (χ1v) is 11.2. The number of allylic oxidation sites excluding steroid dienone is 2. The van der Waals surface area contributed by atoms with Crippen molar-refractivity contribution in [1.29, 1.82) is 0 Å². The summed E-state index contributed by atoms with van der Waals surface area (Å²) in [5.41, 5.74) is 5.61. The Kier molecular flexibility index (Phi) is 5.81. The second kappa shape index (κ2) is 8.37. The largest absolute Gasteiger partial charge is 0.355 e. The van der Waals surface area contributed by atoms with Gasteiger partial charge in [-0.25, -0.2) is 5.43 Å². The zero-order chi connectivity index (χ0) is 21.3. The van der Waals surface area contributed by atoms with Crippen LogP contribution in [-0.2, 0) is 9.59 Å². The Balaban J connectivity index is 1.41. The van der Waals surface area contributed by atoms with Gasteiger partial charge in [0.1, 0.15) is 5.92 Å². The van der Waals surface area contributed by atoms with Crippen LogP contribution in [0.4, 0.5) is 0 Å². The van der Waals surface area contributed by atoms with Gasteiger partial charge in [-0.2, -0.15) is 5.10 Å². The molecule has 1 heterocycles. The number of hydrazone groups is 1. The summed E-state index contributed by atoms with van der Waals surface area (Å²) in [6.45, 7) is 7.50. The Hall–Kier alpha value is -2.43. The summed E-state index contributed by atoms with van der Waals surface area (Å²) < 4.78 is 0. The van der Waals surface area contributed by atoms with Gasteiger partial charge in [-0.05, 0) is 54.4 Å². The average Bonchev–Trinajstić information content (AvgIpc) is 3.10. The van der Waals surface area contributed by atoms with Crippen LogP contribution in [0.3, 0.4) is 0 Å². The minimum Gasteiger partial charge on any atom is -0.355 e. The van der Waals surface area contributed by atoms with E-state index in [4.69, 9.17) is 0 Å². The third-order valence-corrected chi connectivity index (χ3v) is 7.51. The molecule has 2 fully saturated rings. The molecular formula is C25H33N3O2. The first-order chi connectivity index (χ1) is 14.4. The third-order valence-electron chi connectivity index (χ3n) is 7.51. The molecule has 1 aliphatic heterocycles. The summed E-state index contributed by atoms with van der Waals surface area (Å²) in [6, 6.07) is 9.74. The molecule has 2 N–H and O–H groups in total. The topological polar surface area (TPSA) is 70.6 Å². The zero-order valence-corrected chi connectivity index (χ0v) is 18.2. The lowest BCUT2D eigenvalue weighted by molar-refractivity contribution is -0.133. The van der Waals surface area contributed by atoms with Crippen molar-refractivity contribution in [2.75, 3.05) is 6.54 Å². The molecule has 1 saturated heterocycles. The third kappa shape index (κ3) is 4.07. The average molecular weight is 408 g/mol. The van der Waals surface area contributed by atoms with Gasteiger partial charge in [-0.3, -0.25) is 9.59 Å². The molecule has 0 bridgehead atoms. The summed E-state index contributed by atoms with van der Waals surface area (Å²) in [5.74, 6) is 0.00979. The molecule has 3 aliphatic rings. The summed E-state index contributed by atoms with van der Waals surface area (Å²) in [6.07, 6.45) is 8.97. The summed E-state index contributed by atoms with van der Waals surface area (Å²) in [7, 11) is 0. The van der Waals surface area contributed by atoms with Crippen LogP contribution in [0.1, 0.15) is 57.9 Å². The van der Waals surface area contributed by atoms with Crippen molar-refractivity contribution >= 4 is 18.0 Å². The van der Waals surface area contributed by atoms with Gasteiger partial charge >= 0.3 is 0 Å². The van der Waals surface area contributed by atoms with Gasteiger partial charge in [0.2, 0.25) is 5.91 Å². The zero-order valence-electron chi connectivity index (χ0n) is 18.2. The maximum Gasteiger partial charge on any atom is 0.253 e. The smallest absolute Gasteiger partial charge is 0.253 e. The molecule has 5 nitrogen and oxygen atoms in total. The predicted molar refractivity (Wildman–Crippen MR) is 119 cm³/mol. The molecule has 160 valence electrons. The quantitative estimate of drug-likeness (QED) is 0.342. The monoisotopic (exact) mass is 407 g/mol. The molecule has 1 saturated carbocycles. The number of hydrogen-bond donors (Lipinski definition) is 2. The Bertz CT molecular complexity index is 858. The highest BCUT2D eigenvalue weighted by Crippen LogP contribution is 2.50. The van der Waals surface area contributed by atoms with Gasteiger partial charge in [-0.15, -0.1) is 0 Å². The molecular weight excluding hydrogens is 374 g/mol.